The van der Waals surface area contributed by atoms with Gasteiger partial charge < -0.3 is 10.2 Å². The predicted molar refractivity (Wildman–Crippen MR) is 126 cm³/mol. The van der Waals surface area contributed by atoms with Crippen molar-refractivity contribution >= 4 is 27.7 Å². The zero-order valence-corrected chi connectivity index (χ0v) is 20.0. The number of para-hydroxylation sites is 1. The van der Waals surface area contributed by atoms with Gasteiger partial charge in [0.05, 0.1) is 5.69 Å². The second-order valence-electron chi connectivity index (χ2n) is 7.98. The molecule has 2 rings (SSSR count). The molecule has 0 aliphatic rings. The van der Waals surface area contributed by atoms with Gasteiger partial charge in [-0.1, -0.05) is 48.5 Å². The van der Waals surface area contributed by atoms with Gasteiger partial charge in [-0.15, -0.1) is 0 Å². The van der Waals surface area contributed by atoms with Gasteiger partial charge in [-0.25, -0.2) is 4.31 Å². The van der Waals surface area contributed by atoms with Crippen molar-refractivity contribution in [3.05, 3.63) is 66.2 Å². The number of hydrogen-bond acceptors (Lipinski definition) is 4. The molecule has 32 heavy (non-hydrogen) atoms. The summed E-state index contributed by atoms with van der Waals surface area (Å²) in [5.74, 6) is -0.777. The first kappa shape index (κ1) is 25.4. The van der Waals surface area contributed by atoms with Crippen molar-refractivity contribution in [2.45, 2.75) is 39.4 Å². The molecule has 2 aromatic carbocycles. The Balaban J connectivity index is 2.40. The summed E-state index contributed by atoms with van der Waals surface area (Å²) in [6.07, 6.45) is 0. The molecule has 0 radical (unpaired) electrons. The van der Waals surface area contributed by atoms with Crippen LogP contribution in [-0.2, 0) is 26.3 Å². The van der Waals surface area contributed by atoms with Gasteiger partial charge in [-0.2, -0.15) is 12.7 Å². The van der Waals surface area contributed by atoms with E-state index in [2.05, 4.69) is 5.32 Å². The van der Waals surface area contributed by atoms with Crippen LogP contribution in [0, 0.1) is 0 Å². The number of amides is 2. The second-order valence-corrected chi connectivity index (χ2v) is 10.0. The lowest BCUT2D eigenvalue weighted by Crippen LogP contribution is -2.53. The third-order valence-corrected chi connectivity index (χ3v) is 6.68. The molecule has 0 saturated heterocycles. The number of nitrogens with zero attached hydrogens (tertiary/aromatic N) is 3. The van der Waals surface area contributed by atoms with Gasteiger partial charge in [0.25, 0.3) is 0 Å². The standard InChI is InChI=1S/C23H32N4O4S/c1-18(2)24-23(29)19(3)26(16-20-12-8-6-9-13-20)22(28)17-27(32(30,31)25(4)5)21-14-10-7-11-15-21/h6-15,18-19H,16-17H2,1-5H3,(H,24,29)/t19-/m1/s1. The first-order valence-electron chi connectivity index (χ1n) is 10.4. The fourth-order valence-electron chi connectivity index (χ4n) is 3.08. The third kappa shape index (κ3) is 6.54. The van der Waals surface area contributed by atoms with Crippen LogP contribution in [-0.4, -0.2) is 62.2 Å². The summed E-state index contributed by atoms with van der Waals surface area (Å²) in [6, 6.07) is 16.9. The number of nitrogens with one attached hydrogen (secondary N) is 1. The quantitative estimate of drug-likeness (QED) is 0.589. The highest BCUT2D eigenvalue weighted by Crippen LogP contribution is 2.20. The van der Waals surface area contributed by atoms with E-state index in [0.29, 0.717) is 5.69 Å². The topological polar surface area (TPSA) is 90.0 Å². The van der Waals surface area contributed by atoms with Crippen molar-refractivity contribution in [1.29, 1.82) is 0 Å². The predicted octanol–water partition coefficient (Wildman–Crippen LogP) is 2.24. The van der Waals surface area contributed by atoms with Gasteiger partial charge in [0.1, 0.15) is 12.6 Å². The molecule has 0 fully saturated rings. The number of carbonyl (C=O) groups is 2. The first-order valence-corrected chi connectivity index (χ1v) is 11.8. The minimum Gasteiger partial charge on any atom is -0.352 e. The first-order chi connectivity index (χ1) is 15.0. The highest BCUT2D eigenvalue weighted by molar-refractivity contribution is 7.90. The van der Waals surface area contributed by atoms with E-state index in [1.807, 2.05) is 44.2 Å². The van der Waals surface area contributed by atoms with Crippen molar-refractivity contribution in [3.8, 4) is 0 Å². The number of rotatable bonds is 10. The van der Waals surface area contributed by atoms with Gasteiger partial charge in [0.15, 0.2) is 0 Å². The lowest BCUT2D eigenvalue weighted by atomic mass is 10.1. The Bertz CT molecular complexity index is 995. The Kier molecular flexibility index (Phi) is 8.80. The number of hydrogen-bond donors (Lipinski definition) is 1. The van der Waals surface area contributed by atoms with E-state index in [-0.39, 0.29) is 18.5 Å². The molecule has 0 unspecified atom stereocenters. The molecule has 0 bridgehead atoms. The van der Waals surface area contributed by atoms with E-state index in [4.69, 9.17) is 0 Å². The summed E-state index contributed by atoms with van der Waals surface area (Å²) in [5, 5.41) is 2.82. The van der Waals surface area contributed by atoms with Crippen molar-refractivity contribution in [2.24, 2.45) is 0 Å². The molecule has 2 aromatic rings. The van der Waals surface area contributed by atoms with E-state index >= 15 is 0 Å². The normalized spacial score (nSPS) is 12.5. The Morgan fingerprint density at radius 1 is 0.906 bits per heavy atom. The minimum atomic E-state index is -3.94. The molecular weight excluding hydrogens is 428 g/mol. The fourth-order valence-corrected chi connectivity index (χ4v) is 4.13. The zero-order chi connectivity index (χ0) is 23.9. The van der Waals surface area contributed by atoms with Crippen LogP contribution in [0.2, 0.25) is 0 Å². The molecule has 174 valence electrons. The molecule has 2 amide bonds. The van der Waals surface area contributed by atoms with Crippen LogP contribution in [0.1, 0.15) is 26.3 Å². The zero-order valence-electron chi connectivity index (χ0n) is 19.2. The third-order valence-electron chi connectivity index (χ3n) is 4.86. The van der Waals surface area contributed by atoms with Crippen molar-refractivity contribution in [1.82, 2.24) is 14.5 Å². The average molecular weight is 461 g/mol. The maximum atomic E-state index is 13.5. The van der Waals surface area contributed by atoms with Gasteiger partial charge in [0, 0.05) is 26.7 Å². The highest BCUT2D eigenvalue weighted by atomic mass is 32.2. The summed E-state index contributed by atoms with van der Waals surface area (Å²) in [7, 11) is -1.11. The number of anilines is 1. The number of benzene rings is 2. The number of carbonyl (C=O) groups excluding carboxylic acids is 2. The smallest absolute Gasteiger partial charge is 0.304 e. The molecule has 1 N–H and O–H groups in total. The van der Waals surface area contributed by atoms with Crippen molar-refractivity contribution in [3.63, 3.8) is 0 Å². The maximum Gasteiger partial charge on any atom is 0.304 e. The molecule has 0 aliphatic heterocycles. The SMILES string of the molecule is CC(C)NC(=O)[C@@H](C)N(Cc1ccccc1)C(=O)CN(c1ccccc1)S(=O)(=O)N(C)C. The molecule has 0 aromatic heterocycles. The molecule has 9 heteroatoms. The summed E-state index contributed by atoms with van der Waals surface area (Å²) < 4.78 is 28.1. The van der Waals surface area contributed by atoms with Crippen LogP contribution in [0.4, 0.5) is 5.69 Å². The lowest BCUT2D eigenvalue weighted by Gasteiger charge is -2.33. The largest absolute Gasteiger partial charge is 0.352 e. The monoisotopic (exact) mass is 460 g/mol. The maximum absolute atomic E-state index is 13.5. The Labute approximate surface area is 191 Å². The second kappa shape index (κ2) is 11.1. The highest BCUT2D eigenvalue weighted by Gasteiger charge is 2.32. The molecule has 1 atom stereocenters. The van der Waals surface area contributed by atoms with E-state index < -0.39 is 28.7 Å². The molecular formula is C23H32N4O4S. The molecule has 0 aliphatic carbocycles. The van der Waals surface area contributed by atoms with Crippen molar-refractivity contribution in [2.75, 3.05) is 24.9 Å². The van der Waals surface area contributed by atoms with E-state index in [1.165, 1.54) is 19.0 Å². The minimum absolute atomic E-state index is 0.0893. The van der Waals surface area contributed by atoms with Crippen LogP contribution in [0.25, 0.3) is 0 Å². The van der Waals surface area contributed by atoms with E-state index in [9.17, 15) is 18.0 Å². The van der Waals surface area contributed by atoms with Gasteiger partial charge in [0.2, 0.25) is 11.8 Å². The molecule has 0 spiro atoms. The average Bonchev–Trinajstić information content (AvgIpc) is 2.75. The van der Waals surface area contributed by atoms with Crippen molar-refractivity contribution < 1.29 is 18.0 Å². The van der Waals surface area contributed by atoms with Crippen LogP contribution >= 0.6 is 0 Å². The molecule has 8 nitrogen and oxygen atoms in total. The summed E-state index contributed by atoms with van der Waals surface area (Å²) >= 11 is 0. The Morgan fingerprint density at radius 2 is 1.44 bits per heavy atom. The van der Waals surface area contributed by atoms with Crippen LogP contribution < -0.4 is 9.62 Å². The van der Waals surface area contributed by atoms with E-state index in [1.54, 1.807) is 37.3 Å². The lowest BCUT2D eigenvalue weighted by molar-refractivity contribution is -0.139. The van der Waals surface area contributed by atoms with Gasteiger partial charge in [-0.05, 0) is 38.5 Å². The molecule has 0 saturated carbocycles. The fraction of sp³-hybridized carbons (Fsp3) is 0.391. The summed E-state index contributed by atoms with van der Waals surface area (Å²) in [5.41, 5.74) is 1.21. The van der Waals surface area contributed by atoms with E-state index in [0.717, 1.165) is 14.2 Å². The summed E-state index contributed by atoms with van der Waals surface area (Å²) in [4.78, 5) is 27.6. The van der Waals surface area contributed by atoms with Gasteiger partial charge >= 0.3 is 10.2 Å². The Hall–Kier alpha value is -2.91. The molecule has 0 heterocycles. The van der Waals surface area contributed by atoms with Crippen LogP contribution in [0.5, 0.6) is 0 Å². The Morgan fingerprint density at radius 3 is 1.94 bits per heavy atom. The summed E-state index contributed by atoms with van der Waals surface area (Å²) in [6.45, 7) is 5.07. The van der Waals surface area contributed by atoms with Gasteiger partial charge in [-0.3, -0.25) is 9.59 Å². The van der Waals surface area contributed by atoms with Crippen LogP contribution in [0.3, 0.4) is 0 Å². The van der Waals surface area contributed by atoms with Crippen LogP contribution in [0.15, 0.2) is 60.7 Å².